The minimum absolute atomic E-state index is 0.207. The van der Waals surface area contributed by atoms with Gasteiger partial charge < -0.3 is 14.2 Å². The average Bonchev–Trinajstić information content (AvgIpc) is 2.87. The van der Waals surface area contributed by atoms with E-state index >= 15 is 0 Å². The van der Waals surface area contributed by atoms with Gasteiger partial charge in [-0.15, -0.1) is 0 Å². The normalized spacial score (nSPS) is 23.8. The first kappa shape index (κ1) is 21.6. The van der Waals surface area contributed by atoms with Crippen LogP contribution in [0.2, 0.25) is 0 Å². The van der Waals surface area contributed by atoms with Crippen molar-refractivity contribution >= 4 is 30.3 Å². The Morgan fingerprint density at radius 2 is 1.86 bits per heavy atom. The van der Waals surface area contributed by atoms with Crippen molar-refractivity contribution in [2.24, 2.45) is 0 Å². The molecular weight excluding hydrogens is 373 g/mol. The van der Waals surface area contributed by atoms with Gasteiger partial charge in [-0.1, -0.05) is 11.8 Å². The molecule has 154 valence electrons. The molecule has 0 saturated carbocycles. The third-order valence-electron chi connectivity index (χ3n) is 6.12. The first-order valence-corrected chi connectivity index (χ1v) is 11.3. The Kier molecular flexibility index (Phi) is 6.72. The van der Waals surface area contributed by atoms with E-state index in [-0.39, 0.29) is 17.1 Å². The maximum Gasteiger partial charge on any atom is 0.498 e. The Labute approximate surface area is 173 Å². The fraction of sp³-hybridized carbons (Fsp3) is 0.750. The number of piperidine rings is 1. The van der Waals surface area contributed by atoms with Crippen molar-refractivity contribution in [2.75, 3.05) is 12.3 Å². The molecule has 2 saturated heterocycles. The number of hydrogen-bond donors (Lipinski definition) is 0. The van der Waals surface area contributed by atoms with Crippen molar-refractivity contribution in [3.05, 3.63) is 12.4 Å². The van der Waals surface area contributed by atoms with Gasteiger partial charge in [0, 0.05) is 43.1 Å². The maximum absolute atomic E-state index is 11.8. The molecule has 0 spiro atoms. The smallest absolute Gasteiger partial charge is 0.399 e. The molecule has 0 aromatic carbocycles. The summed E-state index contributed by atoms with van der Waals surface area (Å²) in [6, 6.07) is 0.401. The van der Waals surface area contributed by atoms with Crippen LogP contribution in [0.25, 0.3) is 0 Å². The number of carbonyl (C=O) groups is 1. The summed E-state index contributed by atoms with van der Waals surface area (Å²) in [5.74, 6) is 1.16. The van der Waals surface area contributed by atoms with Gasteiger partial charge in [-0.05, 0) is 59.8 Å². The van der Waals surface area contributed by atoms with Crippen LogP contribution in [0.5, 0.6) is 0 Å². The molecule has 6 nitrogen and oxygen atoms in total. The zero-order valence-corrected chi connectivity index (χ0v) is 18.6. The molecule has 1 amide bonds. The first-order chi connectivity index (χ1) is 13.2. The van der Waals surface area contributed by atoms with Crippen LogP contribution in [0, 0.1) is 0 Å². The maximum atomic E-state index is 11.8. The highest BCUT2D eigenvalue weighted by Gasteiger charge is 2.51. The SMILES string of the molecule is CC(=O)N1CCCCC1CCCSc1ncc(B2OC(C)(C)C(C)(C)O2)cn1. The zero-order valence-electron chi connectivity index (χ0n) is 17.7. The highest BCUT2D eigenvalue weighted by molar-refractivity contribution is 7.99. The number of carbonyl (C=O) groups excluding carboxylic acids is 1. The molecule has 2 aliphatic heterocycles. The van der Waals surface area contributed by atoms with Crippen molar-refractivity contribution in [2.45, 2.75) is 89.1 Å². The first-order valence-electron chi connectivity index (χ1n) is 10.3. The summed E-state index contributed by atoms with van der Waals surface area (Å²) in [5.41, 5.74) is 0.123. The molecule has 3 heterocycles. The lowest BCUT2D eigenvalue weighted by molar-refractivity contribution is -0.132. The standard InChI is InChI=1S/C20H32BN3O3S/c1-15(25)24-11-7-6-9-17(24)10-8-12-28-18-22-13-16(14-23-18)21-26-19(2,3)20(4,5)27-21/h13-14,17H,6-12H2,1-5H3. The van der Waals surface area contributed by atoms with Gasteiger partial charge in [0.2, 0.25) is 5.91 Å². The second-order valence-electron chi connectivity index (χ2n) is 8.74. The molecule has 1 atom stereocenters. The van der Waals surface area contributed by atoms with Gasteiger partial charge in [0.05, 0.1) is 11.2 Å². The average molecular weight is 405 g/mol. The van der Waals surface area contributed by atoms with Crippen LogP contribution in [0.1, 0.15) is 66.7 Å². The number of hydrogen-bond acceptors (Lipinski definition) is 6. The van der Waals surface area contributed by atoms with Crippen LogP contribution in [0.15, 0.2) is 17.6 Å². The number of nitrogens with zero attached hydrogens (tertiary/aromatic N) is 3. The summed E-state index contributed by atoms with van der Waals surface area (Å²) in [7, 11) is -0.423. The van der Waals surface area contributed by atoms with Gasteiger partial charge >= 0.3 is 7.12 Å². The second kappa shape index (κ2) is 8.72. The number of thioether (sulfide) groups is 1. The van der Waals surface area contributed by atoms with E-state index < -0.39 is 7.12 Å². The predicted molar refractivity (Wildman–Crippen MR) is 113 cm³/mol. The number of amides is 1. The van der Waals surface area contributed by atoms with Gasteiger partial charge in [0.15, 0.2) is 5.16 Å². The highest BCUT2D eigenvalue weighted by Crippen LogP contribution is 2.36. The van der Waals surface area contributed by atoms with Crippen LogP contribution in [0.3, 0.4) is 0 Å². The fourth-order valence-electron chi connectivity index (χ4n) is 3.70. The van der Waals surface area contributed by atoms with E-state index in [1.165, 1.54) is 6.42 Å². The third kappa shape index (κ3) is 4.89. The molecule has 0 N–H and O–H groups in total. The molecule has 2 aliphatic rings. The Morgan fingerprint density at radius 3 is 2.46 bits per heavy atom. The predicted octanol–water partition coefficient (Wildman–Crippen LogP) is 3.05. The summed E-state index contributed by atoms with van der Waals surface area (Å²) in [5, 5.41) is 0.771. The molecule has 1 unspecified atom stereocenters. The van der Waals surface area contributed by atoms with E-state index in [9.17, 15) is 4.79 Å². The number of aromatic nitrogens is 2. The van der Waals surface area contributed by atoms with E-state index in [2.05, 4.69) is 9.97 Å². The minimum atomic E-state index is -0.423. The summed E-state index contributed by atoms with van der Waals surface area (Å²) in [4.78, 5) is 22.8. The molecule has 28 heavy (non-hydrogen) atoms. The number of likely N-dealkylation sites (tertiary alicyclic amines) is 1. The molecule has 2 fully saturated rings. The molecular formula is C20H32BN3O3S. The Hall–Kier alpha value is -1.12. The van der Waals surface area contributed by atoms with E-state index in [0.29, 0.717) is 6.04 Å². The van der Waals surface area contributed by atoms with Gasteiger partial charge in [-0.2, -0.15) is 0 Å². The van der Waals surface area contributed by atoms with E-state index in [1.54, 1.807) is 31.1 Å². The molecule has 1 aromatic heterocycles. The number of rotatable bonds is 6. The second-order valence-corrected chi connectivity index (χ2v) is 9.80. The fourth-order valence-corrected chi connectivity index (χ4v) is 4.45. The quantitative estimate of drug-likeness (QED) is 0.314. The third-order valence-corrected chi connectivity index (χ3v) is 7.08. The molecule has 3 rings (SSSR count). The summed E-state index contributed by atoms with van der Waals surface area (Å²) in [6.45, 7) is 10.8. The molecule has 0 bridgehead atoms. The van der Waals surface area contributed by atoms with E-state index in [4.69, 9.17) is 9.31 Å². The van der Waals surface area contributed by atoms with Crippen LogP contribution >= 0.6 is 11.8 Å². The van der Waals surface area contributed by atoms with Crippen LogP contribution < -0.4 is 5.46 Å². The van der Waals surface area contributed by atoms with Crippen molar-refractivity contribution in [1.82, 2.24) is 14.9 Å². The lowest BCUT2D eigenvalue weighted by Crippen LogP contribution is -2.42. The lowest BCUT2D eigenvalue weighted by atomic mass is 9.81. The van der Waals surface area contributed by atoms with Gasteiger partial charge in [0.1, 0.15) is 0 Å². The Morgan fingerprint density at radius 1 is 1.21 bits per heavy atom. The summed E-state index contributed by atoms with van der Waals surface area (Å²) in [6.07, 6.45) is 9.20. The molecule has 8 heteroatoms. The Bertz CT molecular complexity index is 668. The van der Waals surface area contributed by atoms with Crippen molar-refractivity contribution in [3.63, 3.8) is 0 Å². The van der Waals surface area contributed by atoms with E-state index in [1.807, 2.05) is 32.6 Å². The van der Waals surface area contributed by atoms with Crippen LogP contribution in [-0.4, -0.2) is 57.4 Å². The van der Waals surface area contributed by atoms with Gasteiger partial charge in [-0.3, -0.25) is 4.79 Å². The van der Waals surface area contributed by atoms with Crippen LogP contribution in [-0.2, 0) is 14.1 Å². The largest absolute Gasteiger partial charge is 0.498 e. The van der Waals surface area contributed by atoms with Crippen molar-refractivity contribution in [1.29, 1.82) is 0 Å². The lowest BCUT2D eigenvalue weighted by Gasteiger charge is -2.35. The summed E-state index contributed by atoms with van der Waals surface area (Å²) >= 11 is 1.66. The Balaban J connectivity index is 1.46. The minimum Gasteiger partial charge on any atom is -0.399 e. The topological polar surface area (TPSA) is 64.6 Å². The molecule has 1 aromatic rings. The summed E-state index contributed by atoms with van der Waals surface area (Å²) < 4.78 is 12.1. The van der Waals surface area contributed by atoms with E-state index in [0.717, 1.165) is 48.6 Å². The van der Waals surface area contributed by atoms with Crippen molar-refractivity contribution in [3.8, 4) is 0 Å². The van der Waals surface area contributed by atoms with Crippen LogP contribution in [0.4, 0.5) is 0 Å². The van der Waals surface area contributed by atoms with Crippen molar-refractivity contribution < 1.29 is 14.1 Å². The zero-order chi connectivity index (χ0) is 20.4. The van der Waals surface area contributed by atoms with Gasteiger partial charge in [-0.25, -0.2) is 9.97 Å². The monoisotopic (exact) mass is 405 g/mol. The molecule has 0 radical (unpaired) electrons. The molecule has 0 aliphatic carbocycles. The highest BCUT2D eigenvalue weighted by atomic mass is 32.2. The van der Waals surface area contributed by atoms with Gasteiger partial charge in [0.25, 0.3) is 0 Å².